The molecule has 2 aromatic carbocycles. The molecule has 0 bridgehead atoms. The standard InChI is InChI=1S/C29H38ClNO4Si/c1-34-27(33)29(31-25-10-7-9-24(30)18-25)14-12-28(13-15-29)23(17-22-8-5-6-11-26(22)28)16-21(19-32)20-35-36(2,3)4/h5-11,17-18,21,31-32H,12-16,19-20H2,1-4H3. The fraction of sp³-hybridized carbons (Fsp3) is 0.483. The van der Waals surface area contributed by atoms with Gasteiger partial charge in [0.05, 0.1) is 7.11 Å². The maximum atomic E-state index is 13.1. The molecule has 194 valence electrons. The Labute approximate surface area is 221 Å². The van der Waals surface area contributed by atoms with E-state index in [2.05, 4.69) is 55.3 Å². The van der Waals surface area contributed by atoms with Crippen molar-refractivity contribution in [3.05, 3.63) is 70.3 Å². The fourth-order valence-electron chi connectivity index (χ4n) is 5.78. The number of aliphatic hydroxyl groups excluding tert-OH is 1. The molecule has 2 aliphatic carbocycles. The Bertz CT molecular complexity index is 1120. The lowest BCUT2D eigenvalue weighted by atomic mass is 9.61. The molecule has 5 nitrogen and oxygen atoms in total. The van der Waals surface area contributed by atoms with Gasteiger partial charge in [0.25, 0.3) is 0 Å². The molecule has 7 heteroatoms. The Kier molecular flexibility index (Phi) is 8.00. The van der Waals surface area contributed by atoms with Crippen LogP contribution in [0.25, 0.3) is 6.08 Å². The van der Waals surface area contributed by atoms with E-state index in [0.29, 0.717) is 24.5 Å². The third kappa shape index (κ3) is 5.57. The molecular weight excluding hydrogens is 490 g/mol. The van der Waals surface area contributed by atoms with Crippen LogP contribution < -0.4 is 5.32 Å². The average molecular weight is 528 g/mol. The quantitative estimate of drug-likeness (QED) is 0.291. The van der Waals surface area contributed by atoms with Crippen LogP contribution in [0.2, 0.25) is 24.7 Å². The number of esters is 1. The van der Waals surface area contributed by atoms with Gasteiger partial charge in [-0.25, -0.2) is 4.79 Å². The minimum absolute atomic E-state index is 0.0473. The Morgan fingerprint density at radius 2 is 1.83 bits per heavy atom. The first-order valence-electron chi connectivity index (χ1n) is 12.8. The van der Waals surface area contributed by atoms with Crippen molar-refractivity contribution in [2.75, 3.05) is 25.6 Å². The number of ether oxygens (including phenoxy) is 1. The number of hydrogen-bond donors (Lipinski definition) is 2. The summed E-state index contributed by atoms with van der Waals surface area (Å²) in [5, 5.41) is 14.3. The van der Waals surface area contributed by atoms with Gasteiger partial charge >= 0.3 is 5.97 Å². The number of carbonyl (C=O) groups excluding carboxylic acids is 1. The Morgan fingerprint density at radius 1 is 1.11 bits per heavy atom. The molecule has 0 heterocycles. The van der Waals surface area contributed by atoms with Crippen molar-refractivity contribution < 1.29 is 19.1 Å². The molecule has 0 aliphatic heterocycles. The van der Waals surface area contributed by atoms with Gasteiger partial charge in [0.15, 0.2) is 8.32 Å². The molecule has 0 aromatic heterocycles. The topological polar surface area (TPSA) is 67.8 Å². The van der Waals surface area contributed by atoms with E-state index in [1.165, 1.54) is 23.8 Å². The monoisotopic (exact) mass is 527 g/mol. The fourth-order valence-corrected chi connectivity index (χ4v) is 6.70. The summed E-state index contributed by atoms with van der Waals surface area (Å²) in [7, 11) is -0.227. The van der Waals surface area contributed by atoms with Crippen molar-refractivity contribution >= 4 is 37.7 Å². The molecule has 4 rings (SSSR count). The van der Waals surface area contributed by atoms with Crippen LogP contribution in [0.15, 0.2) is 54.1 Å². The molecule has 2 N–H and O–H groups in total. The highest BCUT2D eigenvalue weighted by molar-refractivity contribution is 6.69. The minimum atomic E-state index is -1.68. The first-order valence-corrected chi connectivity index (χ1v) is 16.6. The lowest BCUT2D eigenvalue weighted by Gasteiger charge is -2.46. The van der Waals surface area contributed by atoms with Gasteiger partial charge in [0, 0.05) is 35.3 Å². The van der Waals surface area contributed by atoms with Gasteiger partial charge in [-0.2, -0.15) is 0 Å². The third-order valence-electron chi connectivity index (χ3n) is 7.68. The van der Waals surface area contributed by atoms with E-state index in [1.54, 1.807) is 0 Å². The molecule has 1 unspecified atom stereocenters. The average Bonchev–Trinajstić information content (AvgIpc) is 3.15. The maximum Gasteiger partial charge on any atom is 0.331 e. The predicted molar refractivity (Wildman–Crippen MR) is 149 cm³/mol. The van der Waals surface area contributed by atoms with Gasteiger partial charge in [0.2, 0.25) is 0 Å². The highest BCUT2D eigenvalue weighted by atomic mass is 35.5. The van der Waals surface area contributed by atoms with Crippen LogP contribution in [0.3, 0.4) is 0 Å². The molecule has 1 saturated carbocycles. The number of hydrogen-bond acceptors (Lipinski definition) is 5. The highest BCUT2D eigenvalue weighted by Gasteiger charge is 2.52. The second-order valence-electron chi connectivity index (χ2n) is 11.2. The molecule has 2 aliphatic rings. The number of aliphatic hydroxyl groups is 1. The molecule has 2 aromatic rings. The summed E-state index contributed by atoms with van der Waals surface area (Å²) in [5.41, 5.74) is 3.74. The molecule has 1 fully saturated rings. The van der Waals surface area contributed by atoms with Crippen molar-refractivity contribution in [1.29, 1.82) is 0 Å². The summed E-state index contributed by atoms with van der Waals surface area (Å²) in [4.78, 5) is 13.1. The molecule has 1 spiro atoms. The Balaban J connectivity index is 1.61. The van der Waals surface area contributed by atoms with Crippen LogP contribution in [0, 0.1) is 5.92 Å². The summed E-state index contributed by atoms with van der Waals surface area (Å²) in [6.45, 7) is 7.19. The number of benzene rings is 2. The van der Waals surface area contributed by atoms with E-state index in [1.807, 2.05) is 24.3 Å². The number of carbonyl (C=O) groups is 1. The summed E-state index contributed by atoms with van der Waals surface area (Å²) >= 11 is 6.22. The zero-order valence-corrected chi connectivity index (χ0v) is 23.5. The highest BCUT2D eigenvalue weighted by Crippen LogP contribution is 2.55. The van der Waals surface area contributed by atoms with Crippen molar-refractivity contribution in [1.82, 2.24) is 0 Å². The van der Waals surface area contributed by atoms with Gasteiger partial charge in [-0.3, -0.25) is 0 Å². The number of halogens is 1. The molecule has 36 heavy (non-hydrogen) atoms. The van der Waals surface area contributed by atoms with Gasteiger partial charge in [0.1, 0.15) is 5.54 Å². The van der Waals surface area contributed by atoms with E-state index >= 15 is 0 Å². The summed E-state index contributed by atoms with van der Waals surface area (Å²) < 4.78 is 11.5. The van der Waals surface area contributed by atoms with E-state index in [0.717, 1.165) is 24.9 Å². The molecule has 0 radical (unpaired) electrons. The second kappa shape index (κ2) is 10.7. The number of methoxy groups -OCH3 is 1. The summed E-state index contributed by atoms with van der Waals surface area (Å²) in [5.74, 6) is -0.197. The molecular formula is C29H38ClNO4Si. The van der Waals surface area contributed by atoms with Crippen LogP contribution >= 0.6 is 11.6 Å². The maximum absolute atomic E-state index is 13.1. The van der Waals surface area contributed by atoms with Crippen LogP contribution in [0.5, 0.6) is 0 Å². The van der Waals surface area contributed by atoms with E-state index in [4.69, 9.17) is 20.8 Å². The van der Waals surface area contributed by atoms with Crippen molar-refractivity contribution in [2.24, 2.45) is 5.92 Å². The predicted octanol–water partition coefficient (Wildman–Crippen LogP) is 6.42. The van der Waals surface area contributed by atoms with Gasteiger partial charge in [-0.05, 0) is 81.1 Å². The van der Waals surface area contributed by atoms with Crippen molar-refractivity contribution in [3.63, 3.8) is 0 Å². The van der Waals surface area contributed by atoms with E-state index < -0.39 is 13.9 Å². The number of rotatable bonds is 9. The first kappa shape index (κ1) is 26.9. The van der Waals surface area contributed by atoms with Crippen LogP contribution in [-0.2, 0) is 19.4 Å². The normalized spacial score (nSPS) is 24.2. The zero-order chi connectivity index (χ0) is 26.0. The third-order valence-corrected chi connectivity index (χ3v) is 8.95. The van der Waals surface area contributed by atoms with Crippen LogP contribution in [-0.4, -0.2) is 45.3 Å². The van der Waals surface area contributed by atoms with Gasteiger partial charge in [-0.15, -0.1) is 0 Å². The SMILES string of the molecule is COC(=O)C1(Nc2cccc(Cl)c2)CCC2(CC1)C(CC(CO)CO[Si](C)(C)C)=Cc1ccccc12. The zero-order valence-electron chi connectivity index (χ0n) is 21.8. The number of allylic oxidation sites excluding steroid dienone is 1. The summed E-state index contributed by atoms with van der Waals surface area (Å²) in [6, 6.07) is 16.0. The Hall–Kier alpha value is -2.12. The molecule has 0 amide bonds. The van der Waals surface area contributed by atoms with Crippen molar-refractivity contribution in [3.8, 4) is 0 Å². The molecule has 0 saturated heterocycles. The lowest BCUT2D eigenvalue weighted by molar-refractivity contribution is -0.147. The largest absolute Gasteiger partial charge is 0.467 e. The van der Waals surface area contributed by atoms with Gasteiger partial charge < -0.3 is 19.6 Å². The van der Waals surface area contributed by atoms with Crippen LogP contribution in [0.1, 0.15) is 43.2 Å². The second-order valence-corrected chi connectivity index (χ2v) is 16.2. The number of nitrogens with one attached hydrogen (secondary N) is 1. The first-order chi connectivity index (χ1) is 17.1. The number of anilines is 1. The van der Waals surface area contributed by atoms with Crippen molar-refractivity contribution in [2.45, 2.75) is 62.7 Å². The smallest absolute Gasteiger partial charge is 0.331 e. The van der Waals surface area contributed by atoms with E-state index in [9.17, 15) is 9.90 Å². The van der Waals surface area contributed by atoms with E-state index in [-0.39, 0.29) is 23.9 Å². The lowest BCUT2D eigenvalue weighted by Crippen LogP contribution is -2.52. The Morgan fingerprint density at radius 3 is 2.47 bits per heavy atom. The minimum Gasteiger partial charge on any atom is -0.467 e. The summed E-state index contributed by atoms with van der Waals surface area (Å²) in [6.07, 6.45) is 5.97. The molecule has 1 atom stereocenters. The van der Waals surface area contributed by atoms with Crippen LogP contribution in [0.4, 0.5) is 5.69 Å². The van der Waals surface area contributed by atoms with Gasteiger partial charge in [-0.1, -0.05) is 53.6 Å². The number of fused-ring (bicyclic) bond motifs is 2.